The normalized spacial score (nSPS) is 16.8. The molecule has 0 rings (SSSR count). The molecular formula is C7H17NO2. The summed E-state index contributed by atoms with van der Waals surface area (Å²) in [6.07, 6.45) is 0.673. The van der Waals surface area contributed by atoms with Crippen LogP contribution in [0.1, 0.15) is 26.7 Å². The van der Waals surface area contributed by atoms with E-state index in [-0.39, 0.29) is 0 Å². The zero-order chi connectivity index (χ0) is 7.98. The second kappa shape index (κ2) is 5.65. The average Bonchev–Trinajstić information content (AvgIpc) is 1.88. The highest BCUT2D eigenvalue weighted by Crippen LogP contribution is 1.88. The maximum Gasteiger partial charge on any atom is 0.130 e. The fourth-order valence-corrected chi connectivity index (χ4v) is 0.597. The molecule has 0 aliphatic carbocycles. The van der Waals surface area contributed by atoms with Crippen LogP contribution < -0.4 is 5.32 Å². The molecule has 0 heterocycles. The highest BCUT2D eigenvalue weighted by Gasteiger charge is 2.07. The summed E-state index contributed by atoms with van der Waals surface area (Å²) in [7, 11) is 0. The molecule has 10 heavy (non-hydrogen) atoms. The van der Waals surface area contributed by atoms with Crippen molar-refractivity contribution in [1.82, 2.24) is 5.32 Å². The Morgan fingerprint density at radius 2 is 2.00 bits per heavy atom. The summed E-state index contributed by atoms with van der Waals surface area (Å²) in [5.74, 6) is 0. The first-order chi connectivity index (χ1) is 4.68. The molecule has 0 aromatic rings. The van der Waals surface area contributed by atoms with E-state index < -0.39 is 12.3 Å². The topological polar surface area (TPSA) is 52.5 Å². The van der Waals surface area contributed by atoms with Crippen LogP contribution in [0, 0.1) is 0 Å². The molecule has 0 aliphatic rings. The Morgan fingerprint density at radius 3 is 2.40 bits per heavy atom. The van der Waals surface area contributed by atoms with E-state index in [1.54, 1.807) is 6.92 Å². The van der Waals surface area contributed by atoms with E-state index in [0.717, 1.165) is 19.4 Å². The minimum absolute atomic E-state index is 0.683. The smallest absolute Gasteiger partial charge is 0.130 e. The Hall–Kier alpha value is -0.120. The summed E-state index contributed by atoms with van der Waals surface area (Å²) in [5, 5.41) is 20.6. The lowest BCUT2D eigenvalue weighted by molar-refractivity contribution is 0.00941. The van der Waals surface area contributed by atoms with Crippen LogP contribution in [0.2, 0.25) is 0 Å². The standard InChI is InChI=1S/C7H17NO2/c1-3-4-5-8-7(10)6(2)9/h6-10H,3-5H2,1-2H3. The molecule has 0 aliphatic heterocycles. The highest BCUT2D eigenvalue weighted by molar-refractivity contribution is 4.58. The molecule has 3 nitrogen and oxygen atoms in total. The van der Waals surface area contributed by atoms with Crippen molar-refractivity contribution in [3.8, 4) is 0 Å². The van der Waals surface area contributed by atoms with Crippen molar-refractivity contribution in [3.05, 3.63) is 0 Å². The SMILES string of the molecule is CCCCNC(O)C(C)O. The third-order valence-corrected chi connectivity index (χ3v) is 1.34. The van der Waals surface area contributed by atoms with E-state index in [1.165, 1.54) is 0 Å². The zero-order valence-electron chi connectivity index (χ0n) is 6.67. The van der Waals surface area contributed by atoms with E-state index in [1.807, 2.05) is 0 Å². The molecule has 0 saturated carbocycles. The number of aliphatic hydroxyl groups is 2. The molecule has 0 aromatic heterocycles. The molecule has 3 heteroatoms. The molecule has 0 amide bonds. The Balaban J connectivity index is 3.13. The van der Waals surface area contributed by atoms with Gasteiger partial charge >= 0.3 is 0 Å². The number of hydrogen-bond acceptors (Lipinski definition) is 3. The van der Waals surface area contributed by atoms with Crippen LogP contribution in [-0.4, -0.2) is 29.1 Å². The minimum atomic E-state index is -0.772. The summed E-state index contributed by atoms with van der Waals surface area (Å²) in [5.41, 5.74) is 0. The highest BCUT2D eigenvalue weighted by atomic mass is 16.3. The first kappa shape index (κ1) is 9.88. The van der Waals surface area contributed by atoms with Crippen LogP contribution in [0.4, 0.5) is 0 Å². The van der Waals surface area contributed by atoms with Gasteiger partial charge in [-0.3, -0.25) is 5.32 Å². The van der Waals surface area contributed by atoms with Crippen molar-refractivity contribution < 1.29 is 10.2 Å². The predicted molar refractivity (Wildman–Crippen MR) is 40.6 cm³/mol. The average molecular weight is 147 g/mol. The van der Waals surface area contributed by atoms with Gasteiger partial charge in [-0.05, 0) is 19.9 Å². The van der Waals surface area contributed by atoms with Gasteiger partial charge in [-0.1, -0.05) is 13.3 Å². The van der Waals surface area contributed by atoms with Gasteiger partial charge in [0.05, 0.1) is 6.10 Å². The van der Waals surface area contributed by atoms with E-state index in [4.69, 9.17) is 10.2 Å². The van der Waals surface area contributed by atoms with Gasteiger partial charge in [-0.15, -0.1) is 0 Å². The van der Waals surface area contributed by atoms with Gasteiger partial charge in [-0.25, -0.2) is 0 Å². The Morgan fingerprint density at radius 1 is 1.40 bits per heavy atom. The van der Waals surface area contributed by atoms with Gasteiger partial charge in [-0.2, -0.15) is 0 Å². The summed E-state index contributed by atoms with van der Waals surface area (Å²) in [4.78, 5) is 0. The molecule has 0 radical (unpaired) electrons. The molecule has 0 bridgehead atoms. The van der Waals surface area contributed by atoms with Gasteiger partial charge in [0.2, 0.25) is 0 Å². The maximum absolute atomic E-state index is 8.99. The third-order valence-electron chi connectivity index (χ3n) is 1.34. The monoisotopic (exact) mass is 147 g/mol. The Labute approximate surface area is 62.1 Å². The quantitative estimate of drug-likeness (QED) is 0.381. The van der Waals surface area contributed by atoms with Crippen LogP contribution >= 0.6 is 0 Å². The predicted octanol–water partition coefficient (Wildman–Crippen LogP) is 0.0753. The first-order valence-electron chi connectivity index (χ1n) is 3.78. The lowest BCUT2D eigenvalue weighted by atomic mass is 10.3. The molecule has 3 N–H and O–H groups in total. The number of rotatable bonds is 5. The third kappa shape index (κ3) is 4.73. The fraction of sp³-hybridized carbons (Fsp3) is 1.00. The second-order valence-corrected chi connectivity index (χ2v) is 2.49. The van der Waals surface area contributed by atoms with E-state index in [9.17, 15) is 0 Å². The van der Waals surface area contributed by atoms with Gasteiger partial charge in [0.25, 0.3) is 0 Å². The van der Waals surface area contributed by atoms with Gasteiger partial charge in [0, 0.05) is 0 Å². The summed E-state index contributed by atoms with van der Waals surface area (Å²) in [6, 6.07) is 0. The van der Waals surface area contributed by atoms with Crippen molar-refractivity contribution in [2.45, 2.75) is 39.0 Å². The molecule has 0 aromatic carbocycles. The number of nitrogens with one attached hydrogen (secondary N) is 1. The van der Waals surface area contributed by atoms with Crippen LogP contribution in [0.25, 0.3) is 0 Å². The second-order valence-electron chi connectivity index (χ2n) is 2.49. The van der Waals surface area contributed by atoms with Crippen LogP contribution in [0.15, 0.2) is 0 Å². The number of unbranched alkanes of at least 4 members (excludes halogenated alkanes) is 1. The van der Waals surface area contributed by atoms with E-state index >= 15 is 0 Å². The van der Waals surface area contributed by atoms with Crippen LogP contribution in [-0.2, 0) is 0 Å². The van der Waals surface area contributed by atoms with Crippen molar-refractivity contribution in [2.24, 2.45) is 0 Å². The minimum Gasteiger partial charge on any atom is -0.389 e. The Bertz CT molecular complexity index is 76.0. The van der Waals surface area contributed by atoms with Crippen molar-refractivity contribution >= 4 is 0 Å². The van der Waals surface area contributed by atoms with E-state index in [0.29, 0.717) is 0 Å². The summed E-state index contributed by atoms with van der Waals surface area (Å²) in [6.45, 7) is 4.41. The maximum atomic E-state index is 8.99. The molecular weight excluding hydrogens is 130 g/mol. The van der Waals surface area contributed by atoms with Gasteiger partial charge < -0.3 is 10.2 Å². The van der Waals surface area contributed by atoms with Gasteiger partial charge in [0.1, 0.15) is 6.23 Å². The largest absolute Gasteiger partial charge is 0.389 e. The zero-order valence-corrected chi connectivity index (χ0v) is 6.67. The van der Waals surface area contributed by atoms with Crippen molar-refractivity contribution in [1.29, 1.82) is 0 Å². The van der Waals surface area contributed by atoms with Crippen molar-refractivity contribution in [3.63, 3.8) is 0 Å². The lowest BCUT2D eigenvalue weighted by Gasteiger charge is -2.14. The number of aliphatic hydroxyl groups excluding tert-OH is 2. The van der Waals surface area contributed by atoms with Crippen molar-refractivity contribution in [2.75, 3.05) is 6.54 Å². The molecule has 62 valence electrons. The summed E-state index contributed by atoms with van der Waals surface area (Å²) >= 11 is 0. The summed E-state index contributed by atoms with van der Waals surface area (Å²) < 4.78 is 0. The lowest BCUT2D eigenvalue weighted by Crippen LogP contribution is -2.38. The van der Waals surface area contributed by atoms with Crippen LogP contribution in [0.3, 0.4) is 0 Å². The van der Waals surface area contributed by atoms with Crippen LogP contribution in [0.5, 0.6) is 0 Å². The molecule has 2 atom stereocenters. The molecule has 0 saturated heterocycles. The molecule has 2 unspecified atom stereocenters. The first-order valence-corrected chi connectivity index (χ1v) is 3.78. The number of hydrogen-bond donors (Lipinski definition) is 3. The molecule has 0 fully saturated rings. The Kier molecular flexibility index (Phi) is 5.58. The van der Waals surface area contributed by atoms with Gasteiger partial charge in [0.15, 0.2) is 0 Å². The van der Waals surface area contributed by atoms with E-state index in [2.05, 4.69) is 12.2 Å². The molecule has 0 spiro atoms. The fourth-order valence-electron chi connectivity index (χ4n) is 0.597.